The van der Waals surface area contributed by atoms with Gasteiger partial charge in [-0.15, -0.1) is 0 Å². The quantitative estimate of drug-likeness (QED) is 0.835. The normalized spacial score (nSPS) is 18.2. The van der Waals surface area contributed by atoms with Gasteiger partial charge in [0.2, 0.25) is 5.91 Å². The van der Waals surface area contributed by atoms with Gasteiger partial charge in [-0.2, -0.15) is 5.10 Å². The SMILES string of the molecule is COC1(C)CN(C(=O)CN2Cc3c(cnn3-c3ccccc3)C2=O)C1. The molecule has 2 aromatic rings. The Bertz CT molecular complexity index is 824. The lowest BCUT2D eigenvalue weighted by atomic mass is 9.96. The molecule has 0 bridgehead atoms. The summed E-state index contributed by atoms with van der Waals surface area (Å²) >= 11 is 0. The highest BCUT2D eigenvalue weighted by Crippen LogP contribution is 2.27. The Balaban J connectivity index is 1.47. The van der Waals surface area contributed by atoms with Crippen LogP contribution in [0.4, 0.5) is 0 Å². The zero-order valence-electron chi connectivity index (χ0n) is 14.3. The molecule has 0 unspecified atom stereocenters. The van der Waals surface area contributed by atoms with Crippen LogP contribution in [0.25, 0.3) is 5.69 Å². The van der Waals surface area contributed by atoms with Crippen LogP contribution in [0.3, 0.4) is 0 Å². The second-order valence-electron chi connectivity index (χ2n) is 6.82. The molecule has 2 aliphatic heterocycles. The van der Waals surface area contributed by atoms with Gasteiger partial charge < -0.3 is 14.5 Å². The molecule has 130 valence electrons. The lowest BCUT2D eigenvalue weighted by Crippen LogP contribution is -2.64. The number of amides is 2. The molecule has 1 saturated heterocycles. The molecule has 0 atom stereocenters. The van der Waals surface area contributed by atoms with E-state index in [1.807, 2.05) is 37.3 Å². The molecule has 1 fully saturated rings. The van der Waals surface area contributed by atoms with Gasteiger partial charge in [0.15, 0.2) is 0 Å². The van der Waals surface area contributed by atoms with E-state index in [1.165, 1.54) is 0 Å². The van der Waals surface area contributed by atoms with Crippen molar-refractivity contribution >= 4 is 11.8 Å². The molecule has 2 aliphatic rings. The van der Waals surface area contributed by atoms with Crippen LogP contribution in [0.15, 0.2) is 36.5 Å². The van der Waals surface area contributed by atoms with Gasteiger partial charge in [0.05, 0.1) is 48.4 Å². The van der Waals surface area contributed by atoms with Crippen LogP contribution < -0.4 is 0 Å². The average molecular weight is 340 g/mol. The Labute approximate surface area is 145 Å². The summed E-state index contributed by atoms with van der Waals surface area (Å²) < 4.78 is 7.13. The van der Waals surface area contributed by atoms with Crippen molar-refractivity contribution in [1.82, 2.24) is 19.6 Å². The van der Waals surface area contributed by atoms with Crippen LogP contribution in [-0.2, 0) is 16.1 Å². The third-order valence-corrected chi connectivity index (χ3v) is 4.95. The molecule has 0 spiro atoms. The zero-order valence-corrected chi connectivity index (χ0v) is 14.3. The van der Waals surface area contributed by atoms with Gasteiger partial charge in [-0.1, -0.05) is 18.2 Å². The van der Waals surface area contributed by atoms with E-state index >= 15 is 0 Å². The number of hydrogen-bond acceptors (Lipinski definition) is 4. The van der Waals surface area contributed by atoms with Gasteiger partial charge in [0.25, 0.3) is 5.91 Å². The van der Waals surface area contributed by atoms with Crippen LogP contribution in [0.1, 0.15) is 23.0 Å². The Morgan fingerprint density at radius 1 is 1.28 bits per heavy atom. The predicted molar refractivity (Wildman–Crippen MR) is 90.3 cm³/mol. The average Bonchev–Trinajstić information content (AvgIpc) is 3.13. The van der Waals surface area contributed by atoms with E-state index in [4.69, 9.17) is 4.74 Å². The van der Waals surface area contributed by atoms with Crippen LogP contribution in [0.2, 0.25) is 0 Å². The first-order valence-corrected chi connectivity index (χ1v) is 8.25. The summed E-state index contributed by atoms with van der Waals surface area (Å²) in [7, 11) is 1.65. The van der Waals surface area contributed by atoms with Crippen molar-refractivity contribution in [2.75, 3.05) is 26.7 Å². The molecule has 2 amide bonds. The van der Waals surface area contributed by atoms with Gasteiger partial charge >= 0.3 is 0 Å². The number of aromatic nitrogens is 2. The number of rotatable bonds is 4. The van der Waals surface area contributed by atoms with Crippen molar-refractivity contribution in [2.45, 2.75) is 19.1 Å². The summed E-state index contributed by atoms with van der Waals surface area (Å²) in [5.41, 5.74) is 2.04. The zero-order chi connectivity index (χ0) is 17.6. The highest BCUT2D eigenvalue weighted by molar-refractivity contribution is 5.99. The summed E-state index contributed by atoms with van der Waals surface area (Å²) in [5.74, 6) is -0.187. The number of nitrogens with zero attached hydrogens (tertiary/aromatic N) is 4. The van der Waals surface area contributed by atoms with E-state index in [0.717, 1.165) is 11.4 Å². The first-order chi connectivity index (χ1) is 12.0. The maximum absolute atomic E-state index is 12.6. The topological polar surface area (TPSA) is 67.7 Å². The van der Waals surface area contributed by atoms with Crippen molar-refractivity contribution in [2.24, 2.45) is 0 Å². The smallest absolute Gasteiger partial charge is 0.258 e. The standard InChI is InChI=1S/C18H20N4O3/c1-18(25-2)11-21(12-18)16(23)10-20-9-15-14(17(20)24)8-19-22(15)13-6-4-3-5-7-13/h3-8H,9-12H2,1-2H3. The Hall–Kier alpha value is -2.67. The molecule has 1 aromatic heterocycles. The number of carbonyl (C=O) groups is 2. The number of ether oxygens (including phenoxy) is 1. The maximum Gasteiger partial charge on any atom is 0.258 e. The van der Waals surface area contributed by atoms with Gasteiger partial charge in [-0.25, -0.2) is 4.68 Å². The second-order valence-corrected chi connectivity index (χ2v) is 6.82. The van der Waals surface area contributed by atoms with Gasteiger partial charge in [0.1, 0.15) is 6.54 Å². The third kappa shape index (κ3) is 2.60. The third-order valence-electron chi connectivity index (χ3n) is 4.95. The summed E-state index contributed by atoms with van der Waals surface area (Å²) in [5, 5.41) is 4.32. The van der Waals surface area contributed by atoms with E-state index < -0.39 is 0 Å². The lowest BCUT2D eigenvalue weighted by Gasteiger charge is -2.47. The van der Waals surface area contributed by atoms with Gasteiger partial charge in [-0.3, -0.25) is 9.59 Å². The maximum atomic E-state index is 12.6. The minimum atomic E-state index is -0.262. The molecule has 4 rings (SSSR count). The summed E-state index contributed by atoms with van der Waals surface area (Å²) in [6, 6.07) is 9.68. The monoisotopic (exact) mass is 340 g/mol. The fraction of sp³-hybridized carbons (Fsp3) is 0.389. The number of hydrogen-bond donors (Lipinski definition) is 0. The fourth-order valence-corrected chi connectivity index (χ4v) is 3.38. The molecule has 0 saturated carbocycles. The van der Waals surface area contributed by atoms with Crippen LogP contribution in [-0.4, -0.2) is 63.7 Å². The van der Waals surface area contributed by atoms with Crippen LogP contribution in [0.5, 0.6) is 0 Å². The number of benzene rings is 1. The molecule has 0 N–H and O–H groups in total. The summed E-state index contributed by atoms with van der Waals surface area (Å²) in [6.07, 6.45) is 1.58. The van der Waals surface area contributed by atoms with Gasteiger partial charge in [-0.05, 0) is 19.1 Å². The van der Waals surface area contributed by atoms with Crippen molar-refractivity contribution < 1.29 is 14.3 Å². The number of para-hydroxylation sites is 1. The van der Waals surface area contributed by atoms with E-state index in [1.54, 1.807) is 27.8 Å². The predicted octanol–water partition coefficient (Wildman–Crippen LogP) is 1.08. The molecule has 1 aromatic carbocycles. The van der Waals surface area contributed by atoms with E-state index in [0.29, 0.717) is 25.2 Å². The molecular weight excluding hydrogens is 320 g/mol. The second kappa shape index (κ2) is 5.70. The van der Waals surface area contributed by atoms with Crippen molar-refractivity contribution in [3.8, 4) is 5.69 Å². The fourth-order valence-electron chi connectivity index (χ4n) is 3.38. The number of likely N-dealkylation sites (tertiary alicyclic amines) is 1. The van der Waals surface area contributed by atoms with Crippen LogP contribution >= 0.6 is 0 Å². The number of carbonyl (C=O) groups excluding carboxylic acids is 2. The minimum Gasteiger partial charge on any atom is -0.375 e. The van der Waals surface area contributed by atoms with Crippen LogP contribution in [0, 0.1) is 0 Å². The minimum absolute atomic E-state index is 0.0488. The van der Waals surface area contributed by atoms with E-state index in [-0.39, 0.29) is 24.0 Å². The molecule has 25 heavy (non-hydrogen) atoms. The van der Waals surface area contributed by atoms with Gasteiger partial charge in [0, 0.05) is 7.11 Å². The number of methoxy groups -OCH3 is 1. The summed E-state index contributed by atoms with van der Waals surface area (Å²) in [4.78, 5) is 28.3. The molecule has 0 aliphatic carbocycles. The molecule has 0 radical (unpaired) electrons. The van der Waals surface area contributed by atoms with E-state index in [2.05, 4.69) is 5.10 Å². The number of fused-ring (bicyclic) bond motifs is 1. The highest BCUT2D eigenvalue weighted by Gasteiger charge is 2.42. The Kier molecular flexibility index (Phi) is 3.61. The van der Waals surface area contributed by atoms with Crippen molar-refractivity contribution in [3.63, 3.8) is 0 Å². The molecular formula is C18H20N4O3. The highest BCUT2D eigenvalue weighted by atomic mass is 16.5. The van der Waals surface area contributed by atoms with Crippen molar-refractivity contribution in [3.05, 3.63) is 47.8 Å². The van der Waals surface area contributed by atoms with Crippen molar-refractivity contribution in [1.29, 1.82) is 0 Å². The summed E-state index contributed by atoms with van der Waals surface area (Å²) in [6.45, 7) is 3.58. The lowest BCUT2D eigenvalue weighted by molar-refractivity contribution is -0.158. The first kappa shape index (κ1) is 15.8. The molecule has 7 nitrogen and oxygen atoms in total. The molecule has 3 heterocycles. The largest absolute Gasteiger partial charge is 0.375 e. The Morgan fingerprint density at radius 2 is 2.00 bits per heavy atom. The van der Waals surface area contributed by atoms with E-state index in [9.17, 15) is 9.59 Å². The first-order valence-electron chi connectivity index (χ1n) is 8.25. The Morgan fingerprint density at radius 3 is 2.68 bits per heavy atom. The molecule has 7 heteroatoms.